The van der Waals surface area contributed by atoms with Gasteiger partial charge in [-0.05, 0) is 37.1 Å². The average Bonchev–Trinajstić information content (AvgIpc) is 3.06. The molecule has 0 spiro atoms. The van der Waals surface area contributed by atoms with Gasteiger partial charge >= 0.3 is 0 Å². The Kier molecular flexibility index (Phi) is 5.86. The van der Waals surface area contributed by atoms with Crippen LogP contribution in [0.1, 0.15) is 22.4 Å². The third kappa shape index (κ3) is 4.40. The molecule has 3 rings (SSSR count). The van der Waals surface area contributed by atoms with Crippen molar-refractivity contribution in [1.82, 2.24) is 4.98 Å². The molecule has 5 nitrogen and oxygen atoms in total. The van der Waals surface area contributed by atoms with E-state index in [0.717, 1.165) is 22.0 Å². The Labute approximate surface area is 157 Å². The second-order valence-electron chi connectivity index (χ2n) is 5.76. The van der Waals surface area contributed by atoms with Crippen molar-refractivity contribution < 1.29 is 9.47 Å². The highest BCUT2D eigenvalue weighted by Gasteiger charge is 2.10. The standard InChI is InChI=1S/C20H21N3O2S/c1-14-7-4-5-8-17(14)12-25-19-16(9-6-10-18(19)24-3)11-21-23-20-22-15(2)13-26-20/h4-11,13H,12H2,1-3H3,(H,22,23). The van der Waals surface area contributed by atoms with Gasteiger partial charge in [-0.3, -0.25) is 5.43 Å². The predicted octanol–water partition coefficient (Wildman–Crippen LogP) is 4.79. The second-order valence-corrected chi connectivity index (χ2v) is 6.62. The Balaban J connectivity index is 1.78. The molecule has 0 amide bonds. The van der Waals surface area contributed by atoms with Crippen molar-refractivity contribution in [3.05, 3.63) is 70.2 Å². The molecular formula is C20H21N3O2S. The topological polar surface area (TPSA) is 55.7 Å². The molecule has 6 heteroatoms. The number of aromatic nitrogens is 1. The van der Waals surface area contributed by atoms with E-state index >= 15 is 0 Å². The van der Waals surface area contributed by atoms with Crippen LogP contribution >= 0.6 is 11.3 Å². The van der Waals surface area contributed by atoms with Crippen LogP contribution in [0.5, 0.6) is 11.5 Å². The molecule has 0 bridgehead atoms. The number of hydrazone groups is 1. The van der Waals surface area contributed by atoms with Gasteiger partial charge in [0.1, 0.15) is 6.61 Å². The first kappa shape index (κ1) is 17.9. The molecule has 0 saturated carbocycles. The SMILES string of the molecule is COc1cccc(C=NNc2nc(C)cs2)c1OCc1ccccc1C. The third-order valence-corrected chi connectivity index (χ3v) is 4.71. The molecule has 0 saturated heterocycles. The normalized spacial score (nSPS) is 10.9. The largest absolute Gasteiger partial charge is 0.493 e. The van der Waals surface area contributed by atoms with Crippen molar-refractivity contribution in [2.24, 2.45) is 5.10 Å². The summed E-state index contributed by atoms with van der Waals surface area (Å²) in [6.07, 6.45) is 1.71. The van der Waals surface area contributed by atoms with Crippen LogP contribution < -0.4 is 14.9 Å². The van der Waals surface area contributed by atoms with Crippen LogP contribution in [-0.2, 0) is 6.61 Å². The molecule has 0 fully saturated rings. The first-order valence-corrected chi connectivity index (χ1v) is 9.11. The van der Waals surface area contributed by atoms with Crippen molar-refractivity contribution in [2.45, 2.75) is 20.5 Å². The van der Waals surface area contributed by atoms with E-state index in [0.29, 0.717) is 18.1 Å². The van der Waals surface area contributed by atoms with Gasteiger partial charge < -0.3 is 9.47 Å². The van der Waals surface area contributed by atoms with Crippen LogP contribution in [0.3, 0.4) is 0 Å². The summed E-state index contributed by atoms with van der Waals surface area (Å²) in [6.45, 7) is 4.49. The van der Waals surface area contributed by atoms with Crippen LogP contribution in [0.25, 0.3) is 0 Å². The first-order valence-electron chi connectivity index (χ1n) is 8.23. The predicted molar refractivity (Wildman–Crippen MR) is 107 cm³/mol. The van der Waals surface area contributed by atoms with Gasteiger partial charge in [0.15, 0.2) is 11.5 Å². The van der Waals surface area contributed by atoms with Gasteiger partial charge in [0.05, 0.1) is 19.0 Å². The lowest BCUT2D eigenvalue weighted by atomic mass is 10.1. The lowest BCUT2D eigenvalue weighted by Crippen LogP contribution is -2.02. The maximum atomic E-state index is 6.08. The Morgan fingerprint density at radius 1 is 1.15 bits per heavy atom. The van der Waals surface area contributed by atoms with Crippen LogP contribution in [0.2, 0.25) is 0 Å². The number of aryl methyl sites for hydroxylation is 2. The van der Waals surface area contributed by atoms with E-state index in [1.165, 1.54) is 16.9 Å². The summed E-state index contributed by atoms with van der Waals surface area (Å²) in [5.41, 5.74) is 7.07. The van der Waals surface area contributed by atoms with Gasteiger partial charge in [-0.1, -0.05) is 30.3 Å². The minimum atomic E-state index is 0.465. The number of para-hydroxylation sites is 1. The van der Waals surface area contributed by atoms with E-state index < -0.39 is 0 Å². The molecule has 0 aliphatic rings. The summed E-state index contributed by atoms with van der Waals surface area (Å²) >= 11 is 1.51. The van der Waals surface area contributed by atoms with Crippen LogP contribution in [-0.4, -0.2) is 18.3 Å². The fraction of sp³-hybridized carbons (Fsp3) is 0.200. The van der Waals surface area contributed by atoms with E-state index in [1.54, 1.807) is 13.3 Å². The number of benzene rings is 2. The van der Waals surface area contributed by atoms with Crippen LogP contribution in [0, 0.1) is 13.8 Å². The smallest absolute Gasteiger partial charge is 0.203 e. The van der Waals surface area contributed by atoms with Gasteiger partial charge in [0, 0.05) is 10.9 Å². The minimum Gasteiger partial charge on any atom is -0.493 e. The molecule has 0 aliphatic carbocycles. The lowest BCUT2D eigenvalue weighted by molar-refractivity contribution is 0.283. The molecule has 0 radical (unpaired) electrons. The zero-order valence-electron chi connectivity index (χ0n) is 15.0. The fourth-order valence-electron chi connectivity index (χ4n) is 2.43. The molecule has 3 aromatic rings. The maximum Gasteiger partial charge on any atom is 0.203 e. The average molecular weight is 367 g/mol. The van der Waals surface area contributed by atoms with Gasteiger partial charge in [-0.25, -0.2) is 4.98 Å². The fourth-order valence-corrected chi connectivity index (χ4v) is 3.07. The van der Waals surface area contributed by atoms with E-state index in [4.69, 9.17) is 9.47 Å². The van der Waals surface area contributed by atoms with Crippen molar-refractivity contribution in [1.29, 1.82) is 0 Å². The monoisotopic (exact) mass is 367 g/mol. The minimum absolute atomic E-state index is 0.465. The number of hydrogen-bond donors (Lipinski definition) is 1. The highest BCUT2D eigenvalue weighted by molar-refractivity contribution is 7.13. The van der Waals surface area contributed by atoms with Gasteiger partial charge in [-0.15, -0.1) is 11.3 Å². The molecule has 1 aromatic heterocycles. The number of nitrogens with zero attached hydrogens (tertiary/aromatic N) is 2. The summed E-state index contributed by atoms with van der Waals surface area (Å²) < 4.78 is 11.5. The molecule has 0 atom stereocenters. The maximum absolute atomic E-state index is 6.08. The van der Waals surface area contributed by atoms with E-state index in [9.17, 15) is 0 Å². The molecule has 134 valence electrons. The van der Waals surface area contributed by atoms with E-state index in [-0.39, 0.29) is 0 Å². The lowest BCUT2D eigenvalue weighted by Gasteiger charge is -2.14. The molecule has 2 aromatic carbocycles. The number of methoxy groups -OCH3 is 1. The van der Waals surface area contributed by atoms with Crippen molar-refractivity contribution in [3.8, 4) is 11.5 Å². The molecule has 1 heterocycles. The van der Waals surface area contributed by atoms with Gasteiger partial charge in [0.2, 0.25) is 5.13 Å². The van der Waals surface area contributed by atoms with Crippen LogP contribution in [0.4, 0.5) is 5.13 Å². The highest BCUT2D eigenvalue weighted by atomic mass is 32.1. The summed E-state index contributed by atoms with van der Waals surface area (Å²) in [5.74, 6) is 1.34. The molecule has 1 N–H and O–H groups in total. The molecular weight excluding hydrogens is 346 g/mol. The number of ether oxygens (including phenoxy) is 2. The Hall–Kier alpha value is -2.86. The van der Waals surface area contributed by atoms with Gasteiger partial charge in [-0.2, -0.15) is 5.10 Å². The Bertz CT molecular complexity index is 906. The summed E-state index contributed by atoms with van der Waals surface area (Å²) in [5, 5.41) is 7.00. The zero-order chi connectivity index (χ0) is 18.4. The van der Waals surface area contributed by atoms with Crippen molar-refractivity contribution in [2.75, 3.05) is 12.5 Å². The Morgan fingerprint density at radius 2 is 2.00 bits per heavy atom. The van der Waals surface area contributed by atoms with Crippen molar-refractivity contribution >= 4 is 22.7 Å². The highest BCUT2D eigenvalue weighted by Crippen LogP contribution is 2.31. The second kappa shape index (κ2) is 8.49. The summed E-state index contributed by atoms with van der Waals surface area (Å²) in [7, 11) is 1.63. The number of anilines is 1. The first-order chi connectivity index (χ1) is 12.7. The molecule has 0 aliphatic heterocycles. The molecule has 26 heavy (non-hydrogen) atoms. The summed E-state index contributed by atoms with van der Waals surface area (Å²) in [6, 6.07) is 13.9. The molecule has 0 unspecified atom stereocenters. The Morgan fingerprint density at radius 3 is 2.73 bits per heavy atom. The van der Waals surface area contributed by atoms with Crippen molar-refractivity contribution in [3.63, 3.8) is 0 Å². The zero-order valence-corrected chi connectivity index (χ0v) is 15.8. The van der Waals surface area contributed by atoms with E-state index in [1.807, 2.05) is 42.6 Å². The number of rotatable bonds is 7. The third-order valence-electron chi connectivity index (χ3n) is 3.85. The number of thiazole rings is 1. The summed E-state index contributed by atoms with van der Waals surface area (Å²) in [4.78, 5) is 4.32. The quantitative estimate of drug-likeness (QED) is 0.482. The number of nitrogens with one attached hydrogen (secondary N) is 1. The van der Waals surface area contributed by atoms with Crippen LogP contribution in [0.15, 0.2) is 52.9 Å². The van der Waals surface area contributed by atoms with Gasteiger partial charge in [0.25, 0.3) is 0 Å². The number of hydrogen-bond acceptors (Lipinski definition) is 6. The van der Waals surface area contributed by atoms with E-state index in [2.05, 4.69) is 34.6 Å².